The first-order valence-electron chi connectivity index (χ1n) is 16.6. The highest BCUT2D eigenvalue weighted by molar-refractivity contribution is 6.31. The first-order chi connectivity index (χ1) is 25.3. The van der Waals surface area contributed by atoms with E-state index in [0.717, 1.165) is 0 Å². The maximum Gasteiger partial charge on any atom is 0.407 e. The van der Waals surface area contributed by atoms with Crippen LogP contribution in [0.5, 0.6) is 23.0 Å². The average Bonchev–Trinajstić information content (AvgIpc) is 3.15. The fourth-order valence-corrected chi connectivity index (χ4v) is 7.01. The third-order valence-corrected chi connectivity index (χ3v) is 9.68. The largest absolute Gasteiger partial charge is 0.507 e. The molecule has 0 bridgehead atoms. The fourth-order valence-electron chi connectivity index (χ4n) is 7.01. The minimum absolute atomic E-state index is 0.0580. The van der Waals surface area contributed by atoms with E-state index in [0.29, 0.717) is 11.3 Å². The number of terminal acetylenes is 1. The number of aromatic hydroxyl groups is 2. The van der Waals surface area contributed by atoms with E-state index in [9.17, 15) is 44.7 Å². The van der Waals surface area contributed by atoms with E-state index >= 15 is 0 Å². The van der Waals surface area contributed by atoms with Gasteiger partial charge in [-0.1, -0.05) is 30.2 Å². The maximum atomic E-state index is 13.9. The van der Waals surface area contributed by atoms with E-state index < -0.39 is 102 Å². The number of amides is 1. The number of methoxy groups -OCH3 is 1. The van der Waals surface area contributed by atoms with Crippen molar-refractivity contribution in [3.8, 4) is 35.3 Å². The summed E-state index contributed by atoms with van der Waals surface area (Å²) in [6.45, 7) is 0.415. The van der Waals surface area contributed by atoms with Crippen molar-refractivity contribution >= 4 is 23.4 Å². The Bertz CT molecular complexity index is 2000. The third-order valence-electron chi connectivity index (χ3n) is 9.68. The Labute approximate surface area is 303 Å². The number of phenols is 2. The van der Waals surface area contributed by atoms with Crippen molar-refractivity contribution < 1.29 is 68.4 Å². The first-order valence-corrected chi connectivity index (χ1v) is 16.6. The third kappa shape index (κ3) is 6.90. The molecule has 6 N–H and O–H groups in total. The molecule has 0 spiro atoms. The van der Waals surface area contributed by atoms with Crippen molar-refractivity contribution in [3.63, 3.8) is 0 Å². The van der Waals surface area contributed by atoms with Gasteiger partial charge in [-0.3, -0.25) is 14.4 Å². The van der Waals surface area contributed by atoms with Crippen molar-refractivity contribution in [3.05, 3.63) is 81.4 Å². The first kappa shape index (κ1) is 37.3. The molecule has 0 radical (unpaired) electrons. The molecule has 53 heavy (non-hydrogen) atoms. The normalized spacial score (nSPS) is 24.6. The molecular formula is C38H37NO14. The topological polar surface area (TPSA) is 228 Å². The number of carbonyl (C=O) groups is 4. The SMILES string of the molecule is C#CCOc1ccc(COC(=O)N[C@H]2C[C@H](O[C@H]3C[C@](O)(C(=O)CO)Cc4c(O)c5c(c(O)c43)C(=O)c3c(OC)cccc3C5=O)O[C@@H](C)[C@H]2O)cc1. The van der Waals surface area contributed by atoms with Crippen LogP contribution in [0, 0.1) is 12.3 Å². The lowest BCUT2D eigenvalue weighted by Gasteiger charge is -2.42. The number of nitrogens with one attached hydrogen (secondary N) is 1. The molecule has 15 heteroatoms. The van der Waals surface area contributed by atoms with Crippen molar-refractivity contribution in [2.75, 3.05) is 20.3 Å². The molecular weight excluding hydrogens is 694 g/mol. The number of alkyl carbamates (subject to hydrolysis) is 1. The number of hydrogen-bond acceptors (Lipinski definition) is 14. The van der Waals surface area contributed by atoms with Gasteiger partial charge in [-0.2, -0.15) is 0 Å². The van der Waals surface area contributed by atoms with Crippen LogP contribution in [0.15, 0.2) is 42.5 Å². The van der Waals surface area contributed by atoms with Gasteiger partial charge in [0.15, 0.2) is 17.9 Å². The van der Waals surface area contributed by atoms with Crippen LogP contribution < -0.4 is 14.8 Å². The molecule has 278 valence electrons. The summed E-state index contributed by atoms with van der Waals surface area (Å²) in [6.07, 6.45) is -2.00. The second-order valence-corrected chi connectivity index (χ2v) is 13.0. The zero-order valence-corrected chi connectivity index (χ0v) is 28.7. The molecule has 0 saturated carbocycles. The van der Waals surface area contributed by atoms with Crippen LogP contribution in [-0.2, 0) is 32.0 Å². The monoisotopic (exact) mass is 731 g/mol. The Morgan fingerprint density at radius 3 is 2.45 bits per heavy atom. The molecule has 1 saturated heterocycles. The zero-order valence-electron chi connectivity index (χ0n) is 28.7. The van der Waals surface area contributed by atoms with E-state index in [2.05, 4.69) is 11.2 Å². The van der Waals surface area contributed by atoms with Crippen LogP contribution in [0.3, 0.4) is 0 Å². The van der Waals surface area contributed by atoms with Crippen molar-refractivity contribution in [1.29, 1.82) is 0 Å². The zero-order chi connectivity index (χ0) is 38.2. The van der Waals surface area contributed by atoms with Crippen LogP contribution in [0.4, 0.5) is 4.79 Å². The Kier molecular flexibility index (Phi) is 10.4. The quantitative estimate of drug-likeness (QED) is 0.101. The van der Waals surface area contributed by atoms with E-state index in [-0.39, 0.29) is 47.6 Å². The lowest BCUT2D eigenvalue weighted by molar-refractivity contribution is -0.249. The summed E-state index contributed by atoms with van der Waals surface area (Å²) < 4.78 is 28.0. The number of Topliss-reactive ketones (excluding diaryl/α,β-unsaturated/α-hetero) is 1. The standard InChI is InChI=1S/C38H37NO14/c1-4-12-50-20-10-8-19(9-11-20)17-51-37(47)39-23-13-27(52-18(2)32(23)42)53-25-15-38(48,26(41)16-40)14-22-29(25)36(46)31-30(34(22)44)33(43)21-6-5-7-24(49-3)28(21)35(31)45/h1,5-11,18,23,25,27,32,40,42,44,46,48H,12-17H2,2-3H3,(H,39,47)/t18-,23-,25-,27-,32+,38-/m0/s1. The molecule has 3 aromatic carbocycles. The molecule has 6 atom stereocenters. The van der Waals surface area contributed by atoms with Crippen LogP contribution in [-0.4, -0.2) is 99.4 Å². The number of hydrogen-bond donors (Lipinski definition) is 6. The van der Waals surface area contributed by atoms with Gasteiger partial charge in [0, 0.05) is 36.0 Å². The number of fused-ring (bicyclic) bond motifs is 3. The predicted octanol–water partition coefficient (Wildman–Crippen LogP) is 1.98. The summed E-state index contributed by atoms with van der Waals surface area (Å²) >= 11 is 0. The Hall–Kier alpha value is -5.50. The number of aliphatic hydroxyl groups is 3. The van der Waals surface area contributed by atoms with Gasteiger partial charge in [-0.15, -0.1) is 6.42 Å². The molecule has 1 fully saturated rings. The highest BCUT2D eigenvalue weighted by Gasteiger charge is 2.50. The fraction of sp³-hybridized carbons (Fsp3) is 0.368. The van der Waals surface area contributed by atoms with E-state index in [1.54, 1.807) is 24.3 Å². The van der Waals surface area contributed by atoms with Gasteiger partial charge >= 0.3 is 6.09 Å². The Morgan fingerprint density at radius 2 is 1.77 bits per heavy atom. The minimum atomic E-state index is -2.35. The summed E-state index contributed by atoms with van der Waals surface area (Å²) in [6, 6.07) is 10.00. The van der Waals surface area contributed by atoms with Crippen molar-refractivity contribution in [1.82, 2.24) is 5.32 Å². The number of ether oxygens (including phenoxy) is 5. The predicted molar refractivity (Wildman–Crippen MR) is 182 cm³/mol. The molecule has 3 aromatic rings. The molecule has 2 aliphatic carbocycles. The molecule has 0 aromatic heterocycles. The van der Waals surface area contributed by atoms with Gasteiger partial charge in [-0.25, -0.2) is 4.79 Å². The number of benzene rings is 3. The summed E-state index contributed by atoms with van der Waals surface area (Å²) in [7, 11) is 1.30. The summed E-state index contributed by atoms with van der Waals surface area (Å²) in [5.74, 6) is -1.20. The van der Waals surface area contributed by atoms with E-state index in [1.165, 1.54) is 32.2 Å². The van der Waals surface area contributed by atoms with Crippen molar-refractivity contribution in [2.24, 2.45) is 0 Å². The highest BCUT2D eigenvalue weighted by atomic mass is 16.7. The van der Waals surface area contributed by atoms with Crippen molar-refractivity contribution in [2.45, 2.75) is 69.0 Å². The number of ketones is 3. The minimum Gasteiger partial charge on any atom is -0.507 e. The molecule has 6 rings (SSSR count). The van der Waals surface area contributed by atoms with Crippen LogP contribution in [0.1, 0.15) is 74.4 Å². The highest BCUT2D eigenvalue weighted by Crippen LogP contribution is 2.52. The molecule has 0 unspecified atom stereocenters. The Morgan fingerprint density at radius 1 is 1.06 bits per heavy atom. The van der Waals surface area contributed by atoms with Gasteiger partial charge < -0.3 is 54.5 Å². The second kappa shape index (κ2) is 14.9. The Balaban J connectivity index is 1.27. The lowest BCUT2D eigenvalue weighted by atomic mass is 9.72. The van der Waals surface area contributed by atoms with Crippen LogP contribution >= 0.6 is 0 Å². The van der Waals surface area contributed by atoms with Gasteiger partial charge in [0.05, 0.1) is 42.0 Å². The summed E-state index contributed by atoms with van der Waals surface area (Å²) in [4.78, 5) is 53.3. The van der Waals surface area contributed by atoms with E-state index in [1.807, 2.05) is 0 Å². The number of aliphatic hydroxyl groups excluding tert-OH is 2. The van der Waals surface area contributed by atoms with E-state index in [4.69, 9.17) is 30.1 Å². The lowest BCUT2D eigenvalue weighted by Crippen LogP contribution is -2.56. The summed E-state index contributed by atoms with van der Waals surface area (Å²) in [5, 5.41) is 58.0. The molecule has 15 nitrogen and oxygen atoms in total. The second-order valence-electron chi connectivity index (χ2n) is 13.0. The molecule has 3 aliphatic rings. The summed E-state index contributed by atoms with van der Waals surface area (Å²) in [5.41, 5.74) is -3.44. The smallest absolute Gasteiger partial charge is 0.407 e. The number of carbonyl (C=O) groups excluding carboxylic acids is 4. The number of rotatable bonds is 10. The maximum absolute atomic E-state index is 13.9. The van der Waals surface area contributed by atoms with Gasteiger partial charge in [0.25, 0.3) is 0 Å². The van der Waals surface area contributed by atoms with Gasteiger partial charge in [0.1, 0.15) is 54.5 Å². The van der Waals surface area contributed by atoms with Gasteiger partial charge in [0.2, 0.25) is 5.78 Å². The molecule has 1 aliphatic heterocycles. The van der Waals surface area contributed by atoms with Gasteiger partial charge in [-0.05, 0) is 30.7 Å². The van der Waals surface area contributed by atoms with Crippen LogP contribution in [0.25, 0.3) is 0 Å². The van der Waals surface area contributed by atoms with Crippen LogP contribution in [0.2, 0.25) is 0 Å². The molecule has 1 amide bonds. The number of phenolic OH excluding ortho intramolecular Hbond substituents is 2. The average molecular weight is 732 g/mol. The molecule has 1 heterocycles.